The summed E-state index contributed by atoms with van der Waals surface area (Å²) in [4.78, 5) is 12.0. The highest BCUT2D eigenvalue weighted by Gasteiger charge is 2.10. The highest BCUT2D eigenvalue weighted by atomic mass is 16.5. The van der Waals surface area contributed by atoms with Gasteiger partial charge in [-0.25, -0.2) is 0 Å². The third-order valence-electron chi connectivity index (χ3n) is 2.54. The van der Waals surface area contributed by atoms with E-state index in [1.165, 1.54) is 6.26 Å². The standard InChI is InChI=1S/C12H8O3/c1-7-3-2-4-9-10(7)11(13)8-5-6-14-12(8)15-9/h2-6H,1H3. The molecule has 0 saturated carbocycles. The van der Waals surface area contributed by atoms with Crippen molar-refractivity contribution in [3.8, 4) is 0 Å². The summed E-state index contributed by atoms with van der Waals surface area (Å²) in [6, 6.07) is 7.15. The molecule has 3 aromatic rings. The summed E-state index contributed by atoms with van der Waals surface area (Å²) in [7, 11) is 0. The molecule has 3 nitrogen and oxygen atoms in total. The molecule has 1 aromatic carbocycles. The molecule has 0 aliphatic heterocycles. The van der Waals surface area contributed by atoms with Crippen molar-refractivity contribution in [1.29, 1.82) is 0 Å². The Labute approximate surface area is 84.9 Å². The molecule has 2 heterocycles. The van der Waals surface area contributed by atoms with Crippen LogP contribution < -0.4 is 5.43 Å². The predicted octanol–water partition coefficient (Wildman–Crippen LogP) is 2.85. The van der Waals surface area contributed by atoms with Crippen LogP contribution in [0.5, 0.6) is 0 Å². The minimum absolute atomic E-state index is 0.0295. The van der Waals surface area contributed by atoms with Crippen LogP contribution in [0.2, 0.25) is 0 Å². The van der Waals surface area contributed by atoms with Gasteiger partial charge in [-0.2, -0.15) is 0 Å². The highest BCUT2D eigenvalue weighted by Crippen LogP contribution is 2.20. The van der Waals surface area contributed by atoms with Crippen molar-refractivity contribution in [3.63, 3.8) is 0 Å². The Kier molecular flexibility index (Phi) is 1.51. The lowest BCUT2D eigenvalue weighted by Gasteiger charge is -1.99. The van der Waals surface area contributed by atoms with Crippen LogP contribution in [0.3, 0.4) is 0 Å². The Hall–Kier alpha value is -2.03. The first kappa shape index (κ1) is 8.29. The normalized spacial score (nSPS) is 11.3. The summed E-state index contributed by atoms with van der Waals surface area (Å²) in [6.07, 6.45) is 1.46. The molecule has 0 saturated heterocycles. The van der Waals surface area contributed by atoms with Crippen molar-refractivity contribution in [3.05, 3.63) is 46.3 Å². The molecule has 0 bridgehead atoms. The lowest BCUT2D eigenvalue weighted by Crippen LogP contribution is -2.01. The van der Waals surface area contributed by atoms with Gasteiger partial charge in [0, 0.05) is 0 Å². The molecule has 0 fully saturated rings. The number of benzene rings is 1. The fraction of sp³-hybridized carbons (Fsp3) is 0.0833. The van der Waals surface area contributed by atoms with E-state index in [2.05, 4.69) is 0 Å². The number of aryl methyl sites for hydroxylation is 1. The number of furan rings is 1. The summed E-state index contributed by atoms with van der Waals surface area (Å²) < 4.78 is 10.6. The summed E-state index contributed by atoms with van der Waals surface area (Å²) in [6.45, 7) is 1.89. The van der Waals surface area contributed by atoms with E-state index in [0.717, 1.165) is 5.56 Å². The summed E-state index contributed by atoms with van der Waals surface area (Å²) >= 11 is 0. The first-order valence-electron chi connectivity index (χ1n) is 4.67. The van der Waals surface area contributed by atoms with Gasteiger partial charge in [-0.1, -0.05) is 12.1 Å². The topological polar surface area (TPSA) is 43.4 Å². The van der Waals surface area contributed by atoms with Crippen molar-refractivity contribution in [2.75, 3.05) is 0 Å². The quantitative estimate of drug-likeness (QED) is 0.560. The molecule has 0 aliphatic rings. The second-order valence-corrected chi connectivity index (χ2v) is 3.50. The fourth-order valence-electron chi connectivity index (χ4n) is 1.79. The predicted molar refractivity (Wildman–Crippen MR) is 57.0 cm³/mol. The van der Waals surface area contributed by atoms with E-state index >= 15 is 0 Å². The van der Waals surface area contributed by atoms with Gasteiger partial charge < -0.3 is 8.83 Å². The van der Waals surface area contributed by atoms with E-state index in [1.807, 2.05) is 19.1 Å². The average Bonchev–Trinajstić information content (AvgIpc) is 2.66. The van der Waals surface area contributed by atoms with Crippen LogP contribution in [-0.4, -0.2) is 0 Å². The number of hydrogen-bond donors (Lipinski definition) is 0. The van der Waals surface area contributed by atoms with Gasteiger partial charge in [-0.15, -0.1) is 0 Å². The summed E-state index contributed by atoms with van der Waals surface area (Å²) in [5.41, 5.74) is 1.46. The SMILES string of the molecule is Cc1cccc2oc3occc3c(=O)c12. The summed E-state index contributed by atoms with van der Waals surface area (Å²) in [5.74, 6) is 0.290. The molecule has 3 rings (SSSR count). The second-order valence-electron chi connectivity index (χ2n) is 3.50. The van der Waals surface area contributed by atoms with Gasteiger partial charge in [0.2, 0.25) is 5.43 Å². The lowest BCUT2D eigenvalue weighted by molar-refractivity contribution is 0.494. The molecular formula is C12H8O3. The van der Waals surface area contributed by atoms with Crippen molar-refractivity contribution < 1.29 is 8.83 Å². The van der Waals surface area contributed by atoms with Crippen molar-refractivity contribution in [2.45, 2.75) is 6.92 Å². The van der Waals surface area contributed by atoms with E-state index in [4.69, 9.17) is 8.83 Å². The number of hydrogen-bond acceptors (Lipinski definition) is 3. The van der Waals surface area contributed by atoms with Crippen LogP contribution in [0.15, 0.2) is 44.2 Å². The van der Waals surface area contributed by atoms with Gasteiger partial charge in [0.05, 0.1) is 11.6 Å². The minimum atomic E-state index is -0.0295. The molecule has 0 aliphatic carbocycles. The zero-order valence-electron chi connectivity index (χ0n) is 8.11. The third kappa shape index (κ3) is 1.03. The molecule has 74 valence electrons. The molecule has 3 heteroatoms. The Morgan fingerprint density at radius 3 is 2.93 bits per heavy atom. The summed E-state index contributed by atoms with van der Waals surface area (Å²) in [5, 5.41) is 1.13. The van der Waals surface area contributed by atoms with Crippen LogP contribution in [-0.2, 0) is 0 Å². The van der Waals surface area contributed by atoms with Crippen LogP contribution in [0.25, 0.3) is 22.1 Å². The Bertz CT molecular complexity index is 704. The smallest absolute Gasteiger partial charge is 0.301 e. The zero-order chi connectivity index (χ0) is 10.4. The lowest BCUT2D eigenvalue weighted by atomic mass is 10.1. The van der Waals surface area contributed by atoms with E-state index < -0.39 is 0 Å². The van der Waals surface area contributed by atoms with Crippen molar-refractivity contribution in [1.82, 2.24) is 0 Å². The van der Waals surface area contributed by atoms with Gasteiger partial charge in [-0.05, 0) is 24.6 Å². The van der Waals surface area contributed by atoms with E-state index in [0.29, 0.717) is 16.4 Å². The Morgan fingerprint density at radius 1 is 1.20 bits per heavy atom. The maximum atomic E-state index is 12.0. The van der Waals surface area contributed by atoms with Gasteiger partial charge in [0.25, 0.3) is 0 Å². The molecule has 0 spiro atoms. The molecule has 0 amide bonds. The van der Waals surface area contributed by atoms with Gasteiger partial charge in [0.1, 0.15) is 11.0 Å². The molecule has 15 heavy (non-hydrogen) atoms. The van der Waals surface area contributed by atoms with E-state index in [1.54, 1.807) is 12.1 Å². The van der Waals surface area contributed by atoms with Gasteiger partial charge in [-0.3, -0.25) is 4.79 Å². The maximum Gasteiger partial charge on any atom is 0.301 e. The molecule has 0 radical (unpaired) electrons. The van der Waals surface area contributed by atoms with Crippen molar-refractivity contribution >= 4 is 22.1 Å². The molecule has 0 atom stereocenters. The minimum Gasteiger partial charge on any atom is -0.433 e. The Balaban J connectivity index is 2.71. The first-order valence-corrected chi connectivity index (χ1v) is 4.67. The van der Waals surface area contributed by atoms with Crippen LogP contribution in [0.1, 0.15) is 5.56 Å². The number of rotatable bonds is 0. The molecule has 2 aromatic heterocycles. The highest BCUT2D eigenvalue weighted by molar-refractivity contribution is 5.89. The van der Waals surface area contributed by atoms with Crippen LogP contribution in [0, 0.1) is 6.92 Å². The van der Waals surface area contributed by atoms with E-state index in [9.17, 15) is 4.79 Å². The third-order valence-corrected chi connectivity index (χ3v) is 2.54. The Morgan fingerprint density at radius 2 is 2.07 bits per heavy atom. The monoisotopic (exact) mass is 200 g/mol. The molecule has 0 N–H and O–H groups in total. The van der Waals surface area contributed by atoms with Gasteiger partial charge in [0.15, 0.2) is 0 Å². The largest absolute Gasteiger partial charge is 0.433 e. The first-order chi connectivity index (χ1) is 7.27. The van der Waals surface area contributed by atoms with E-state index in [-0.39, 0.29) is 11.2 Å². The van der Waals surface area contributed by atoms with Crippen molar-refractivity contribution in [2.24, 2.45) is 0 Å². The van der Waals surface area contributed by atoms with Crippen LogP contribution in [0.4, 0.5) is 0 Å². The molecule has 0 unspecified atom stereocenters. The average molecular weight is 200 g/mol. The van der Waals surface area contributed by atoms with Crippen LogP contribution >= 0.6 is 0 Å². The fourth-order valence-corrected chi connectivity index (χ4v) is 1.79. The van der Waals surface area contributed by atoms with Gasteiger partial charge >= 0.3 is 5.78 Å². The second kappa shape index (κ2) is 2.73. The number of fused-ring (bicyclic) bond motifs is 2. The zero-order valence-corrected chi connectivity index (χ0v) is 8.11. The molecular weight excluding hydrogens is 192 g/mol. The maximum absolute atomic E-state index is 12.0.